The molecule has 1 aromatic carbocycles. The summed E-state index contributed by atoms with van der Waals surface area (Å²) in [7, 11) is 0. The number of carbonyl (C=O) groups excluding carboxylic acids is 1. The molecule has 0 aliphatic carbocycles. The highest BCUT2D eigenvalue weighted by atomic mass is 16.5. The molecular formula is C23H30N4O2. The quantitative estimate of drug-likeness (QED) is 0.679. The van der Waals surface area contributed by atoms with Gasteiger partial charge in [0.05, 0.1) is 23.7 Å². The summed E-state index contributed by atoms with van der Waals surface area (Å²) in [6.07, 6.45) is 2.07. The summed E-state index contributed by atoms with van der Waals surface area (Å²) < 4.78 is 5.45. The summed E-state index contributed by atoms with van der Waals surface area (Å²) in [4.78, 5) is 24.5. The lowest BCUT2D eigenvalue weighted by Crippen LogP contribution is -2.40. The van der Waals surface area contributed by atoms with Crippen LogP contribution in [0.1, 0.15) is 52.1 Å². The number of aromatic nitrogens is 2. The fourth-order valence-electron chi connectivity index (χ4n) is 3.92. The Bertz CT molecular complexity index is 897. The molecular weight excluding hydrogens is 364 g/mol. The van der Waals surface area contributed by atoms with Gasteiger partial charge in [-0.15, -0.1) is 0 Å². The monoisotopic (exact) mass is 394 g/mol. The number of nitriles is 1. The number of rotatable bonds is 6. The molecule has 4 atom stereocenters. The molecule has 1 aliphatic heterocycles. The van der Waals surface area contributed by atoms with E-state index in [4.69, 9.17) is 14.7 Å². The van der Waals surface area contributed by atoms with E-state index in [2.05, 4.69) is 24.8 Å². The summed E-state index contributed by atoms with van der Waals surface area (Å²) in [5.74, 6) is 0.282. The summed E-state index contributed by atoms with van der Waals surface area (Å²) >= 11 is 0. The molecule has 0 saturated carbocycles. The van der Waals surface area contributed by atoms with Crippen LogP contribution in [-0.2, 0) is 9.53 Å². The van der Waals surface area contributed by atoms with Crippen molar-refractivity contribution in [2.24, 2.45) is 17.8 Å². The number of anilines is 1. The topological polar surface area (TPSA) is 79.1 Å². The molecule has 1 aliphatic rings. The average molecular weight is 395 g/mol. The fraction of sp³-hybridized carbons (Fsp3) is 0.565. The zero-order valence-corrected chi connectivity index (χ0v) is 17.8. The Balaban J connectivity index is 2.02. The Morgan fingerprint density at radius 1 is 1.24 bits per heavy atom. The number of carbonyl (C=O) groups is 1. The van der Waals surface area contributed by atoms with E-state index in [-0.39, 0.29) is 5.92 Å². The first-order valence-electron chi connectivity index (χ1n) is 10.5. The van der Waals surface area contributed by atoms with Crippen LogP contribution in [0.3, 0.4) is 0 Å². The van der Waals surface area contributed by atoms with Gasteiger partial charge in [0.1, 0.15) is 5.69 Å². The van der Waals surface area contributed by atoms with Gasteiger partial charge in [0.15, 0.2) is 11.7 Å². The fourth-order valence-corrected chi connectivity index (χ4v) is 3.92. The largest absolute Gasteiger partial charge is 0.464 e. The molecule has 3 rings (SSSR count). The van der Waals surface area contributed by atoms with E-state index in [9.17, 15) is 10.1 Å². The van der Waals surface area contributed by atoms with Crippen LogP contribution in [0.2, 0.25) is 0 Å². The molecule has 1 fully saturated rings. The Morgan fingerprint density at radius 2 is 1.86 bits per heavy atom. The zero-order valence-electron chi connectivity index (χ0n) is 17.8. The molecule has 1 saturated heterocycles. The first-order chi connectivity index (χ1) is 13.9. The lowest BCUT2D eigenvalue weighted by Gasteiger charge is -2.36. The lowest BCUT2D eigenvalue weighted by atomic mass is 9.91. The van der Waals surface area contributed by atoms with Gasteiger partial charge < -0.3 is 9.64 Å². The van der Waals surface area contributed by atoms with Gasteiger partial charge in [-0.3, -0.25) is 4.79 Å². The number of hydrogen-bond donors (Lipinski definition) is 0. The van der Waals surface area contributed by atoms with E-state index in [0.717, 1.165) is 31.4 Å². The number of para-hydroxylation sites is 2. The summed E-state index contributed by atoms with van der Waals surface area (Å²) in [5, 5.41) is 9.83. The van der Waals surface area contributed by atoms with Crippen molar-refractivity contribution >= 4 is 22.8 Å². The smallest absolute Gasteiger partial charge is 0.329 e. The van der Waals surface area contributed by atoms with Gasteiger partial charge in [0, 0.05) is 13.1 Å². The first kappa shape index (κ1) is 21.0. The second kappa shape index (κ2) is 9.21. The van der Waals surface area contributed by atoms with Gasteiger partial charge >= 0.3 is 5.97 Å². The summed E-state index contributed by atoms with van der Waals surface area (Å²) in [6, 6.07) is 9.70. The third kappa shape index (κ3) is 4.84. The normalized spacial score (nSPS) is 21.4. The number of nitrogens with zero attached hydrogens (tertiary/aromatic N) is 4. The van der Waals surface area contributed by atoms with Crippen LogP contribution < -0.4 is 4.90 Å². The van der Waals surface area contributed by atoms with Crippen LogP contribution in [0, 0.1) is 29.1 Å². The number of ether oxygens (including phenoxy) is 1. The van der Waals surface area contributed by atoms with Gasteiger partial charge in [-0.25, -0.2) is 9.97 Å². The van der Waals surface area contributed by atoms with Gasteiger partial charge in [-0.05, 0) is 36.3 Å². The van der Waals surface area contributed by atoms with Crippen LogP contribution in [0.4, 0.5) is 5.82 Å². The van der Waals surface area contributed by atoms with E-state index >= 15 is 0 Å². The van der Waals surface area contributed by atoms with Crippen molar-refractivity contribution in [3.05, 3.63) is 30.0 Å². The second-order valence-electron chi connectivity index (χ2n) is 8.48. The van der Waals surface area contributed by atoms with Gasteiger partial charge in [-0.2, -0.15) is 5.26 Å². The highest BCUT2D eigenvalue weighted by Crippen LogP contribution is 2.32. The van der Waals surface area contributed by atoms with Crippen molar-refractivity contribution in [3.63, 3.8) is 0 Å². The highest BCUT2D eigenvalue weighted by molar-refractivity contribution is 5.85. The van der Waals surface area contributed by atoms with E-state index in [1.54, 1.807) is 0 Å². The Morgan fingerprint density at radius 3 is 2.45 bits per heavy atom. The molecule has 0 N–H and O–H groups in total. The molecule has 0 unspecified atom stereocenters. The van der Waals surface area contributed by atoms with Crippen LogP contribution in [0.15, 0.2) is 24.3 Å². The van der Waals surface area contributed by atoms with Crippen LogP contribution >= 0.6 is 0 Å². The predicted molar refractivity (Wildman–Crippen MR) is 113 cm³/mol. The molecule has 29 heavy (non-hydrogen) atoms. The van der Waals surface area contributed by atoms with Crippen molar-refractivity contribution in [2.75, 3.05) is 24.6 Å². The number of fused-ring (bicyclic) bond motifs is 1. The molecule has 0 spiro atoms. The lowest BCUT2D eigenvalue weighted by molar-refractivity contribution is -0.145. The van der Waals surface area contributed by atoms with E-state index < -0.39 is 11.9 Å². The van der Waals surface area contributed by atoms with Crippen molar-refractivity contribution in [1.29, 1.82) is 5.26 Å². The first-order valence-corrected chi connectivity index (χ1v) is 10.5. The molecule has 6 heteroatoms. The highest BCUT2D eigenvalue weighted by Gasteiger charge is 2.32. The number of hydrogen-bond acceptors (Lipinski definition) is 6. The summed E-state index contributed by atoms with van der Waals surface area (Å²) in [5.41, 5.74) is 1.85. The van der Waals surface area contributed by atoms with E-state index in [0.29, 0.717) is 35.5 Å². The van der Waals surface area contributed by atoms with E-state index in [1.807, 2.05) is 38.1 Å². The van der Waals surface area contributed by atoms with Gasteiger partial charge in [0.2, 0.25) is 0 Å². The van der Waals surface area contributed by atoms with E-state index in [1.165, 1.54) is 0 Å². The van der Waals surface area contributed by atoms with Crippen LogP contribution in [-0.4, -0.2) is 35.6 Å². The Hall–Kier alpha value is -2.68. The minimum atomic E-state index is -1.08. The molecule has 0 radical (unpaired) electrons. The predicted octanol–water partition coefficient (Wildman–Crippen LogP) is 4.31. The third-order valence-corrected chi connectivity index (χ3v) is 5.59. The van der Waals surface area contributed by atoms with Crippen molar-refractivity contribution < 1.29 is 9.53 Å². The average Bonchev–Trinajstić information content (AvgIpc) is 2.71. The summed E-state index contributed by atoms with van der Waals surface area (Å²) in [6.45, 7) is 10.5. The van der Waals surface area contributed by atoms with Gasteiger partial charge in [-0.1, -0.05) is 46.2 Å². The molecule has 0 amide bonds. The minimum Gasteiger partial charge on any atom is -0.464 e. The Kier molecular flexibility index (Phi) is 6.68. The zero-order chi connectivity index (χ0) is 21.0. The molecule has 2 heterocycles. The van der Waals surface area contributed by atoms with Gasteiger partial charge in [0.25, 0.3) is 0 Å². The third-order valence-electron chi connectivity index (χ3n) is 5.59. The van der Waals surface area contributed by atoms with Crippen LogP contribution in [0.5, 0.6) is 0 Å². The molecule has 1 aromatic heterocycles. The van der Waals surface area contributed by atoms with Crippen molar-refractivity contribution in [3.8, 4) is 6.07 Å². The maximum absolute atomic E-state index is 12.8. The SMILES string of the molecule is CC[C@@H](C)COC(=O)[C@@H](C#N)c1nc2ccccc2nc1N1C[C@H](C)C[C@H](C)C1. The molecule has 6 nitrogen and oxygen atoms in total. The number of benzene rings is 1. The van der Waals surface area contributed by atoms with Crippen molar-refractivity contribution in [1.82, 2.24) is 9.97 Å². The number of piperidine rings is 1. The minimum absolute atomic E-state index is 0.254. The molecule has 0 bridgehead atoms. The second-order valence-corrected chi connectivity index (χ2v) is 8.48. The number of esters is 1. The maximum Gasteiger partial charge on any atom is 0.329 e. The maximum atomic E-state index is 12.8. The Labute approximate surface area is 172 Å². The van der Waals surface area contributed by atoms with Crippen molar-refractivity contribution in [2.45, 2.75) is 46.5 Å². The molecule has 154 valence electrons. The molecule has 2 aromatic rings. The standard InChI is InChI=1S/C23H30N4O2/c1-5-15(2)14-29-23(28)18(11-24)21-22(27-12-16(3)10-17(4)13-27)26-20-9-7-6-8-19(20)25-21/h6-9,15-18H,5,10,12-14H2,1-4H3/t15-,16-,17+,18+/m1/s1. The van der Waals surface area contributed by atoms with Crippen LogP contribution in [0.25, 0.3) is 11.0 Å².